The molecule has 2 amide bonds. The van der Waals surface area contributed by atoms with Crippen LogP contribution in [-0.2, 0) is 11.2 Å². The number of nitrogens with one attached hydrogen (secondary N) is 1. The Morgan fingerprint density at radius 1 is 1.46 bits per heavy atom. The second-order valence-corrected chi connectivity index (χ2v) is 8.15. The van der Waals surface area contributed by atoms with E-state index in [9.17, 15) is 9.59 Å². The number of rotatable bonds is 8. The van der Waals surface area contributed by atoms with Crippen LogP contribution in [-0.4, -0.2) is 45.4 Å². The van der Waals surface area contributed by atoms with E-state index in [4.69, 9.17) is 9.84 Å². The Bertz CT molecular complexity index is 723. The fourth-order valence-corrected chi connectivity index (χ4v) is 3.08. The van der Waals surface area contributed by atoms with Crippen molar-refractivity contribution >= 4 is 18.3 Å². The van der Waals surface area contributed by atoms with Gasteiger partial charge in [-0.2, -0.15) is 0 Å². The van der Waals surface area contributed by atoms with Crippen LogP contribution in [0.2, 0.25) is 0 Å². The van der Waals surface area contributed by atoms with Crippen molar-refractivity contribution in [3.63, 3.8) is 0 Å². The Morgan fingerprint density at radius 3 is 2.68 bits per heavy atom. The minimum absolute atomic E-state index is 0.162. The number of hydrogen-bond donors (Lipinski definition) is 2. The highest BCUT2D eigenvalue weighted by Crippen LogP contribution is 2.36. The molecule has 2 N–H and O–H groups in total. The summed E-state index contributed by atoms with van der Waals surface area (Å²) in [6.07, 6.45) is 5.44. The Balaban J connectivity index is 2.17. The highest BCUT2D eigenvalue weighted by molar-refractivity contribution is 5.70. The molecule has 7 nitrogen and oxygen atoms in total. The first-order chi connectivity index (χ1) is 13.1. The summed E-state index contributed by atoms with van der Waals surface area (Å²) in [7, 11) is 0. The molecular weight excluding hydrogens is 358 g/mol. The van der Waals surface area contributed by atoms with Crippen molar-refractivity contribution in [1.82, 2.24) is 15.2 Å². The molecule has 0 radical (unpaired) electrons. The van der Waals surface area contributed by atoms with Crippen molar-refractivity contribution in [1.29, 1.82) is 0 Å². The first-order valence-electron chi connectivity index (χ1n) is 9.71. The number of nitrogens with zero attached hydrogens (tertiary/aromatic N) is 2. The fourth-order valence-electron chi connectivity index (χ4n) is 3.08. The Morgan fingerprint density at radius 2 is 2.14 bits per heavy atom. The molecule has 1 unspecified atom stereocenters. The van der Waals surface area contributed by atoms with Crippen LogP contribution in [0.1, 0.15) is 69.8 Å². The van der Waals surface area contributed by atoms with Crippen LogP contribution in [0.15, 0.2) is 18.8 Å². The van der Waals surface area contributed by atoms with E-state index in [0.717, 1.165) is 29.7 Å². The lowest BCUT2D eigenvalue weighted by atomic mass is 10.0. The van der Waals surface area contributed by atoms with Crippen LogP contribution < -0.4 is 5.32 Å². The molecule has 1 saturated carbocycles. The van der Waals surface area contributed by atoms with Gasteiger partial charge in [0.2, 0.25) is 0 Å². The summed E-state index contributed by atoms with van der Waals surface area (Å²) in [6, 6.07) is 2.08. The van der Waals surface area contributed by atoms with Gasteiger partial charge in [0, 0.05) is 18.8 Å². The third-order valence-corrected chi connectivity index (χ3v) is 4.56. The number of carbonyl (C=O) groups is 2. The highest BCUT2D eigenvalue weighted by atomic mass is 16.6. The molecule has 2 rings (SSSR count). The van der Waals surface area contributed by atoms with E-state index in [-0.39, 0.29) is 18.2 Å². The molecule has 1 fully saturated rings. The number of aryl methyl sites for hydroxylation is 1. The first kappa shape index (κ1) is 21.7. The van der Waals surface area contributed by atoms with E-state index in [2.05, 4.69) is 16.9 Å². The first-order valence-corrected chi connectivity index (χ1v) is 9.71. The van der Waals surface area contributed by atoms with Crippen molar-refractivity contribution in [2.24, 2.45) is 0 Å². The van der Waals surface area contributed by atoms with Gasteiger partial charge < -0.3 is 15.2 Å². The smallest absolute Gasteiger partial charge is 0.411 e. The van der Waals surface area contributed by atoms with E-state index in [1.54, 1.807) is 12.3 Å². The van der Waals surface area contributed by atoms with Gasteiger partial charge in [0.15, 0.2) is 0 Å². The zero-order valence-corrected chi connectivity index (χ0v) is 17.2. The number of hydrogen-bond acceptors (Lipinski definition) is 4. The normalized spacial score (nSPS) is 14.9. The molecule has 7 heteroatoms. The number of amides is 2. The minimum Gasteiger partial charge on any atom is -0.465 e. The fraction of sp³-hybridized carbons (Fsp3) is 0.571. The maximum absolute atomic E-state index is 12.7. The molecule has 0 spiro atoms. The summed E-state index contributed by atoms with van der Waals surface area (Å²) in [5.41, 5.74) is 2.16. The largest absolute Gasteiger partial charge is 0.465 e. The molecule has 1 aliphatic carbocycles. The van der Waals surface area contributed by atoms with Gasteiger partial charge in [-0.15, -0.1) is 0 Å². The molecule has 0 aliphatic heterocycles. The van der Waals surface area contributed by atoms with Crippen molar-refractivity contribution < 1.29 is 19.4 Å². The number of ether oxygens (including phenoxy) is 1. The van der Waals surface area contributed by atoms with Crippen molar-refractivity contribution in [3.05, 3.63) is 35.7 Å². The second-order valence-electron chi connectivity index (χ2n) is 8.15. The van der Waals surface area contributed by atoms with Gasteiger partial charge in [0.25, 0.3) is 0 Å². The van der Waals surface area contributed by atoms with Gasteiger partial charge in [-0.25, -0.2) is 9.59 Å². The Labute approximate surface area is 166 Å². The molecule has 1 atom stereocenters. The molecule has 1 aliphatic rings. The number of carbonyl (C=O) groups excluding carboxylic acids is 1. The highest BCUT2D eigenvalue weighted by Gasteiger charge is 2.38. The average Bonchev–Trinajstić information content (AvgIpc) is 3.41. The summed E-state index contributed by atoms with van der Waals surface area (Å²) in [5, 5.41) is 11.1. The van der Waals surface area contributed by atoms with Crippen molar-refractivity contribution in [2.45, 2.75) is 71.1 Å². The van der Waals surface area contributed by atoms with E-state index in [0.29, 0.717) is 19.4 Å². The molecule has 1 aromatic rings. The summed E-state index contributed by atoms with van der Waals surface area (Å²) in [4.78, 5) is 29.6. The zero-order chi connectivity index (χ0) is 20.9. The third kappa shape index (κ3) is 6.25. The van der Waals surface area contributed by atoms with Crippen LogP contribution in [0.5, 0.6) is 0 Å². The quantitative estimate of drug-likeness (QED) is 0.644. The van der Waals surface area contributed by atoms with E-state index in [1.165, 1.54) is 0 Å². The van der Waals surface area contributed by atoms with Gasteiger partial charge in [-0.3, -0.25) is 9.88 Å². The molecule has 1 aromatic heterocycles. The second kappa shape index (κ2) is 9.08. The topological polar surface area (TPSA) is 91.8 Å². The van der Waals surface area contributed by atoms with E-state index >= 15 is 0 Å². The van der Waals surface area contributed by atoms with Gasteiger partial charge in [-0.1, -0.05) is 12.6 Å². The van der Waals surface area contributed by atoms with Gasteiger partial charge in [0.05, 0.1) is 11.7 Å². The predicted octanol–water partition coefficient (Wildman–Crippen LogP) is 4.39. The molecule has 0 saturated heterocycles. The van der Waals surface area contributed by atoms with E-state index < -0.39 is 11.7 Å². The summed E-state index contributed by atoms with van der Waals surface area (Å²) >= 11 is 0. The molecule has 1 heterocycles. The molecular formula is C21H31N3O4. The van der Waals surface area contributed by atoms with Crippen LogP contribution in [0.4, 0.5) is 9.59 Å². The van der Waals surface area contributed by atoms with E-state index in [1.807, 2.05) is 38.7 Å². The monoisotopic (exact) mass is 389 g/mol. The third-order valence-electron chi connectivity index (χ3n) is 4.56. The predicted molar refractivity (Wildman–Crippen MR) is 108 cm³/mol. The Hall–Kier alpha value is -2.57. The average molecular weight is 389 g/mol. The maximum atomic E-state index is 12.7. The van der Waals surface area contributed by atoms with Crippen LogP contribution in [0.25, 0.3) is 6.08 Å². The molecule has 154 valence electrons. The number of aromatic nitrogens is 1. The summed E-state index contributed by atoms with van der Waals surface area (Å²) in [5.74, 6) is 0. The Kier molecular flexibility index (Phi) is 7.05. The van der Waals surface area contributed by atoms with Crippen LogP contribution >= 0.6 is 0 Å². The molecule has 0 aromatic carbocycles. The lowest BCUT2D eigenvalue weighted by Gasteiger charge is -2.32. The number of pyridine rings is 1. The maximum Gasteiger partial charge on any atom is 0.411 e. The summed E-state index contributed by atoms with van der Waals surface area (Å²) < 4.78 is 5.61. The standard InChI is InChI=1S/C21H31N3O4/c1-6-18-15(8-7-11-22-19(25)26)12-16(13-23-18)14(2)24(17-9-10-17)20(27)28-21(3,4)5/h6,12-14,17,22H,1,7-11H2,2-5H3,(H,25,26). The van der Waals surface area contributed by atoms with Crippen LogP contribution in [0.3, 0.4) is 0 Å². The number of carboxylic acid groups (broad SMARTS) is 1. The summed E-state index contributed by atoms with van der Waals surface area (Å²) in [6.45, 7) is 11.8. The van der Waals surface area contributed by atoms with Crippen molar-refractivity contribution in [2.75, 3.05) is 6.54 Å². The van der Waals surface area contributed by atoms with Gasteiger partial charge in [0.1, 0.15) is 5.60 Å². The minimum atomic E-state index is -1.03. The lowest BCUT2D eigenvalue weighted by molar-refractivity contribution is 0.0153. The SMILES string of the molecule is C=Cc1ncc(C(C)N(C(=O)OC(C)(C)C)C2CC2)cc1CCCNC(=O)O. The van der Waals surface area contributed by atoms with Crippen LogP contribution in [0, 0.1) is 0 Å². The molecule has 28 heavy (non-hydrogen) atoms. The van der Waals surface area contributed by atoms with Gasteiger partial charge in [-0.05, 0) is 70.6 Å². The van der Waals surface area contributed by atoms with Gasteiger partial charge >= 0.3 is 12.2 Å². The molecule has 0 bridgehead atoms. The zero-order valence-electron chi connectivity index (χ0n) is 17.2. The lowest BCUT2D eigenvalue weighted by Crippen LogP contribution is -2.40. The van der Waals surface area contributed by atoms with Crippen molar-refractivity contribution in [3.8, 4) is 0 Å².